The van der Waals surface area contributed by atoms with Crippen molar-refractivity contribution in [3.8, 4) is 11.1 Å². The van der Waals surface area contributed by atoms with Crippen molar-refractivity contribution in [1.29, 1.82) is 0 Å². The minimum atomic E-state index is 0.185. The van der Waals surface area contributed by atoms with E-state index in [0.29, 0.717) is 6.04 Å². The molecule has 7 heteroatoms. The molecule has 1 unspecified atom stereocenters. The number of hydrazine groups is 1. The number of hydrogen-bond donors (Lipinski definition) is 2. The zero-order chi connectivity index (χ0) is 19.1. The number of anilines is 1. The van der Waals surface area contributed by atoms with Crippen LogP contribution in [-0.4, -0.2) is 42.3 Å². The van der Waals surface area contributed by atoms with Crippen molar-refractivity contribution < 1.29 is 4.74 Å². The Morgan fingerprint density at radius 1 is 1.29 bits per heavy atom. The maximum atomic E-state index is 5.65. The van der Waals surface area contributed by atoms with Crippen LogP contribution in [0, 0.1) is 6.92 Å². The van der Waals surface area contributed by atoms with Gasteiger partial charge in [0.2, 0.25) is 0 Å². The molecule has 0 aliphatic carbocycles. The Hall–Kier alpha value is -2.06. The lowest BCUT2D eigenvalue weighted by atomic mass is 9.99. The van der Waals surface area contributed by atoms with Crippen LogP contribution in [0.1, 0.15) is 30.0 Å². The highest BCUT2D eigenvalue weighted by atomic mass is 32.1. The standard InChI is InChI=1S/C21H25N5OS/c1-13-12-27-9-8-26(13)19-11-17(15-5-10-28-14(15)2)16-3-6-22-21(20(16)24-19)18-4-7-23-25-18/h3,5-6,10-11,13,18,23,25H,4,7-9,12H2,1-2H3/t13-,18?/m1/s1. The van der Waals surface area contributed by atoms with Gasteiger partial charge < -0.3 is 9.64 Å². The molecule has 2 saturated heterocycles. The number of rotatable bonds is 3. The van der Waals surface area contributed by atoms with E-state index in [1.165, 1.54) is 21.4 Å². The summed E-state index contributed by atoms with van der Waals surface area (Å²) in [7, 11) is 0. The van der Waals surface area contributed by atoms with Crippen molar-refractivity contribution >= 4 is 28.1 Å². The number of aryl methyl sites for hydroxylation is 1. The van der Waals surface area contributed by atoms with E-state index in [4.69, 9.17) is 14.7 Å². The number of ether oxygens (including phenoxy) is 1. The highest BCUT2D eigenvalue weighted by Crippen LogP contribution is 2.37. The first kappa shape index (κ1) is 18.0. The molecule has 28 heavy (non-hydrogen) atoms. The Morgan fingerprint density at radius 2 is 2.21 bits per heavy atom. The van der Waals surface area contributed by atoms with E-state index < -0.39 is 0 Å². The van der Waals surface area contributed by atoms with Crippen molar-refractivity contribution in [2.45, 2.75) is 32.4 Å². The Labute approximate surface area is 168 Å². The van der Waals surface area contributed by atoms with Gasteiger partial charge in [-0.3, -0.25) is 10.4 Å². The normalized spacial score (nSPS) is 22.9. The van der Waals surface area contributed by atoms with Crippen molar-refractivity contribution in [1.82, 2.24) is 20.8 Å². The number of fused-ring (bicyclic) bond motifs is 1. The molecule has 146 valence electrons. The third-order valence-electron chi connectivity index (χ3n) is 5.72. The van der Waals surface area contributed by atoms with Gasteiger partial charge in [0.05, 0.1) is 36.5 Å². The van der Waals surface area contributed by atoms with E-state index in [0.717, 1.165) is 49.8 Å². The van der Waals surface area contributed by atoms with Gasteiger partial charge in [0.15, 0.2) is 0 Å². The SMILES string of the molecule is Cc1sccc1-c1cc(N2CCOC[C@H]2C)nc2c(C3CCNN3)nccc12. The molecule has 2 aliphatic rings. The molecule has 2 aliphatic heterocycles. The quantitative estimate of drug-likeness (QED) is 0.708. The van der Waals surface area contributed by atoms with E-state index in [2.05, 4.69) is 53.2 Å². The number of nitrogens with zero attached hydrogens (tertiary/aromatic N) is 3. The fourth-order valence-electron chi connectivity index (χ4n) is 4.20. The van der Waals surface area contributed by atoms with Crippen molar-refractivity contribution in [2.24, 2.45) is 0 Å². The summed E-state index contributed by atoms with van der Waals surface area (Å²) in [6, 6.07) is 7.07. The lowest BCUT2D eigenvalue weighted by Crippen LogP contribution is -2.44. The molecule has 5 rings (SSSR count). The van der Waals surface area contributed by atoms with Crippen LogP contribution in [0.4, 0.5) is 5.82 Å². The summed E-state index contributed by atoms with van der Waals surface area (Å²) >= 11 is 1.79. The number of morpholine rings is 1. The third-order valence-corrected chi connectivity index (χ3v) is 6.56. The van der Waals surface area contributed by atoms with Crippen molar-refractivity contribution in [2.75, 3.05) is 31.2 Å². The summed E-state index contributed by atoms with van der Waals surface area (Å²) < 4.78 is 5.65. The number of thiophene rings is 1. The summed E-state index contributed by atoms with van der Waals surface area (Å²) in [4.78, 5) is 13.6. The highest BCUT2D eigenvalue weighted by Gasteiger charge is 2.25. The Bertz CT molecular complexity index is 998. The fourth-order valence-corrected chi connectivity index (χ4v) is 4.92. The largest absolute Gasteiger partial charge is 0.377 e. The Morgan fingerprint density at radius 3 is 2.96 bits per heavy atom. The number of aromatic nitrogens is 2. The van der Waals surface area contributed by atoms with E-state index in [1.54, 1.807) is 11.3 Å². The van der Waals surface area contributed by atoms with E-state index in [9.17, 15) is 0 Å². The molecule has 0 spiro atoms. The lowest BCUT2D eigenvalue weighted by Gasteiger charge is -2.34. The zero-order valence-corrected chi connectivity index (χ0v) is 17.1. The maximum absolute atomic E-state index is 5.65. The first-order valence-corrected chi connectivity index (χ1v) is 10.8. The van der Waals surface area contributed by atoms with E-state index in [-0.39, 0.29) is 6.04 Å². The van der Waals surface area contributed by atoms with E-state index in [1.807, 2.05) is 6.20 Å². The smallest absolute Gasteiger partial charge is 0.130 e. The highest BCUT2D eigenvalue weighted by molar-refractivity contribution is 7.10. The molecule has 2 atom stereocenters. The summed E-state index contributed by atoms with van der Waals surface area (Å²) in [5, 5.41) is 3.34. The summed E-state index contributed by atoms with van der Waals surface area (Å²) in [6.07, 6.45) is 2.93. The van der Waals surface area contributed by atoms with Crippen LogP contribution >= 0.6 is 11.3 Å². The molecule has 3 aromatic heterocycles. The van der Waals surface area contributed by atoms with Crippen LogP contribution in [-0.2, 0) is 4.74 Å². The van der Waals surface area contributed by atoms with Gasteiger partial charge in [-0.1, -0.05) is 0 Å². The minimum absolute atomic E-state index is 0.185. The zero-order valence-electron chi connectivity index (χ0n) is 16.2. The second-order valence-corrected chi connectivity index (χ2v) is 8.66. The second-order valence-electron chi connectivity index (χ2n) is 7.54. The average Bonchev–Trinajstić information content (AvgIpc) is 3.39. The van der Waals surface area contributed by atoms with Crippen LogP contribution in [0.2, 0.25) is 0 Å². The third kappa shape index (κ3) is 3.08. The lowest BCUT2D eigenvalue weighted by molar-refractivity contribution is 0.0986. The van der Waals surface area contributed by atoms with Crippen LogP contribution in [0.5, 0.6) is 0 Å². The average molecular weight is 396 g/mol. The van der Waals surface area contributed by atoms with Gasteiger partial charge in [-0.2, -0.15) is 0 Å². The monoisotopic (exact) mass is 395 g/mol. The molecule has 0 aromatic carbocycles. The van der Waals surface area contributed by atoms with Crippen LogP contribution in [0.25, 0.3) is 22.0 Å². The van der Waals surface area contributed by atoms with Gasteiger partial charge in [0.1, 0.15) is 5.82 Å². The Kier molecular flexibility index (Phi) is 4.76. The molecular formula is C21H25N5OS. The predicted molar refractivity (Wildman–Crippen MR) is 114 cm³/mol. The second kappa shape index (κ2) is 7.40. The topological polar surface area (TPSA) is 62.3 Å². The molecule has 0 amide bonds. The fraction of sp³-hybridized carbons (Fsp3) is 0.429. The Balaban J connectivity index is 1.74. The molecule has 0 saturated carbocycles. The van der Waals surface area contributed by atoms with Crippen molar-refractivity contribution in [3.05, 3.63) is 40.3 Å². The molecule has 2 fully saturated rings. The molecular weight excluding hydrogens is 370 g/mol. The van der Waals surface area contributed by atoms with Gasteiger partial charge in [-0.05, 0) is 55.0 Å². The number of hydrogen-bond acceptors (Lipinski definition) is 7. The first-order chi connectivity index (χ1) is 13.7. The summed E-state index contributed by atoms with van der Waals surface area (Å²) in [6.45, 7) is 7.67. The predicted octanol–water partition coefficient (Wildman–Crippen LogP) is 3.43. The number of nitrogens with one attached hydrogen (secondary N) is 2. The van der Waals surface area contributed by atoms with Gasteiger partial charge in [-0.15, -0.1) is 11.3 Å². The minimum Gasteiger partial charge on any atom is -0.377 e. The van der Waals surface area contributed by atoms with Gasteiger partial charge in [0.25, 0.3) is 0 Å². The molecule has 0 radical (unpaired) electrons. The van der Waals surface area contributed by atoms with Gasteiger partial charge in [0, 0.05) is 29.5 Å². The first-order valence-electron chi connectivity index (χ1n) is 9.89. The van der Waals surface area contributed by atoms with Crippen LogP contribution in [0.15, 0.2) is 29.8 Å². The summed E-state index contributed by atoms with van der Waals surface area (Å²) in [5.41, 5.74) is 11.1. The molecule has 3 aromatic rings. The molecule has 5 heterocycles. The summed E-state index contributed by atoms with van der Waals surface area (Å²) in [5.74, 6) is 1.02. The van der Waals surface area contributed by atoms with E-state index >= 15 is 0 Å². The van der Waals surface area contributed by atoms with Gasteiger partial charge >= 0.3 is 0 Å². The van der Waals surface area contributed by atoms with Crippen molar-refractivity contribution in [3.63, 3.8) is 0 Å². The molecule has 0 bridgehead atoms. The molecule has 6 nitrogen and oxygen atoms in total. The molecule has 2 N–H and O–H groups in total. The maximum Gasteiger partial charge on any atom is 0.130 e. The van der Waals surface area contributed by atoms with Crippen LogP contribution in [0.3, 0.4) is 0 Å². The number of pyridine rings is 2. The van der Waals surface area contributed by atoms with Crippen LogP contribution < -0.4 is 15.8 Å². The van der Waals surface area contributed by atoms with Gasteiger partial charge in [-0.25, -0.2) is 10.4 Å².